The quantitative estimate of drug-likeness (QED) is 0.730. The summed E-state index contributed by atoms with van der Waals surface area (Å²) in [6.45, 7) is 0. The van der Waals surface area contributed by atoms with Crippen LogP contribution in [0.1, 0.15) is 11.8 Å². The van der Waals surface area contributed by atoms with Crippen LogP contribution in [0.15, 0.2) is 36.8 Å². The smallest absolute Gasteiger partial charge is 0.154 e. The molecule has 0 spiro atoms. The maximum atomic E-state index is 9.78. The molecule has 2 aromatic rings. The number of aromatic nitrogens is 3. The van der Waals surface area contributed by atoms with Crippen LogP contribution in [0.3, 0.4) is 0 Å². The van der Waals surface area contributed by atoms with Gasteiger partial charge in [-0.3, -0.25) is 4.68 Å². The van der Waals surface area contributed by atoms with Gasteiger partial charge < -0.3 is 10.4 Å². The van der Waals surface area contributed by atoms with Crippen LogP contribution in [-0.2, 0) is 7.05 Å². The highest BCUT2D eigenvalue weighted by atomic mass is 16.3. The molecule has 0 amide bonds. The zero-order chi connectivity index (χ0) is 10.7. The van der Waals surface area contributed by atoms with Crippen molar-refractivity contribution in [2.75, 3.05) is 5.32 Å². The van der Waals surface area contributed by atoms with Crippen LogP contribution < -0.4 is 5.32 Å². The van der Waals surface area contributed by atoms with Crippen LogP contribution in [-0.4, -0.2) is 19.9 Å². The van der Waals surface area contributed by atoms with E-state index in [2.05, 4.69) is 15.4 Å². The first-order valence-corrected chi connectivity index (χ1v) is 4.60. The molecule has 2 heterocycles. The molecule has 2 rings (SSSR count). The Hall–Kier alpha value is -1.88. The number of nitrogens with one attached hydrogen (secondary N) is 1. The zero-order valence-corrected chi connectivity index (χ0v) is 8.33. The minimum absolute atomic E-state index is 0.633. The lowest BCUT2D eigenvalue weighted by Crippen LogP contribution is -2.09. The maximum Gasteiger partial charge on any atom is 0.154 e. The molecular formula is C10H12N4O. The van der Waals surface area contributed by atoms with Crippen LogP contribution in [0.5, 0.6) is 0 Å². The highest BCUT2D eigenvalue weighted by Gasteiger charge is 2.08. The second kappa shape index (κ2) is 4.10. The Morgan fingerprint density at radius 2 is 2.33 bits per heavy atom. The minimum atomic E-state index is -0.784. The molecule has 0 radical (unpaired) electrons. The Kier molecular flexibility index (Phi) is 2.64. The van der Waals surface area contributed by atoms with Crippen molar-refractivity contribution < 1.29 is 5.11 Å². The van der Waals surface area contributed by atoms with E-state index in [0.717, 1.165) is 0 Å². The molecule has 0 aliphatic carbocycles. The number of rotatable bonds is 3. The first-order valence-electron chi connectivity index (χ1n) is 4.60. The van der Waals surface area contributed by atoms with Gasteiger partial charge in [-0.15, -0.1) is 0 Å². The first kappa shape index (κ1) is 9.67. The minimum Gasteiger partial charge on any atom is -0.369 e. The fraction of sp³-hybridized carbons (Fsp3) is 0.200. The number of anilines is 1. The maximum absolute atomic E-state index is 9.78. The Morgan fingerprint density at radius 3 is 2.93 bits per heavy atom. The molecule has 0 aromatic carbocycles. The normalized spacial score (nSPS) is 12.4. The highest BCUT2D eigenvalue weighted by molar-refractivity contribution is 5.35. The van der Waals surface area contributed by atoms with E-state index >= 15 is 0 Å². The number of aryl methyl sites for hydroxylation is 1. The SMILES string of the molecule is Cn1cc(C(O)Nc2ccccn2)cn1. The molecule has 1 atom stereocenters. The van der Waals surface area contributed by atoms with E-state index in [1.807, 2.05) is 12.1 Å². The van der Waals surface area contributed by atoms with Crippen molar-refractivity contribution in [3.8, 4) is 0 Å². The fourth-order valence-corrected chi connectivity index (χ4v) is 1.25. The average molecular weight is 204 g/mol. The lowest BCUT2D eigenvalue weighted by atomic mass is 10.3. The molecule has 0 fully saturated rings. The Bertz CT molecular complexity index is 426. The molecule has 0 bridgehead atoms. The van der Waals surface area contributed by atoms with Gasteiger partial charge in [0, 0.05) is 25.0 Å². The summed E-state index contributed by atoms with van der Waals surface area (Å²) in [6.07, 6.45) is 4.24. The summed E-state index contributed by atoms with van der Waals surface area (Å²) in [6, 6.07) is 5.46. The van der Waals surface area contributed by atoms with Crippen LogP contribution >= 0.6 is 0 Å². The van der Waals surface area contributed by atoms with E-state index in [-0.39, 0.29) is 0 Å². The van der Waals surface area contributed by atoms with Gasteiger partial charge in [-0.2, -0.15) is 5.10 Å². The zero-order valence-electron chi connectivity index (χ0n) is 8.33. The third-order valence-corrected chi connectivity index (χ3v) is 1.99. The number of aliphatic hydroxyl groups is 1. The number of aliphatic hydroxyl groups excluding tert-OH is 1. The first-order chi connectivity index (χ1) is 7.25. The molecule has 2 aromatic heterocycles. The van der Waals surface area contributed by atoms with Gasteiger partial charge in [-0.25, -0.2) is 4.98 Å². The van der Waals surface area contributed by atoms with Crippen LogP contribution in [0.4, 0.5) is 5.82 Å². The summed E-state index contributed by atoms with van der Waals surface area (Å²) in [5.41, 5.74) is 0.711. The second-order valence-corrected chi connectivity index (χ2v) is 3.21. The number of pyridine rings is 1. The van der Waals surface area contributed by atoms with Gasteiger partial charge in [0.1, 0.15) is 5.82 Å². The van der Waals surface area contributed by atoms with Gasteiger partial charge in [0.05, 0.1) is 6.20 Å². The molecule has 5 nitrogen and oxygen atoms in total. The van der Waals surface area contributed by atoms with Crippen molar-refractivity contribution in [1.82, 2.24) is 14.8 Å². The molecule has 0 aliphatic rings. The monoisotopic (exact) mass is 204 g/mol. The standard InChI is InChI=1S/C10H12N4O/c1-14-7-8(6-12-14)10(15)13-9-4-2-3-5-11-9/h2-7,10,15H,1H3,(H,11,13). The summed E-state index contributed by atoms with van der Waals surface area (Å²) >= 11 is 0. The van der Waals surface area contributed by atoms with Crippen molar-refractivity contribution in [3.63, 3.8) is 0 Å². The Labute approximate surface area is 87.4 Å². The highest BCUT2D eigenvalue weighted by Crippen LogP contribution is 2.13. The molecule has 5 heteroatoms. The molecular weight excluding hydrogens is 192 g/mol. The number of hydrogen-bond acceptors (Lipinski definition) is 4. The van der Waals surface area contributed by atoms with Gasteiger partial charge in [0.2, 0.25) is 0 Å². The van der Waals surface area contributed by atoms with Gasteiger partial charge in [0.25, 0.3) is 0 Å². The molecule has 2 N–H and O–H groups in total. The molecule has 1 unspecified atom stereocenters. The third-order valence-electron chi connectivity index (χ3n) is 1.99. The van der Waals surface area contributed by atoms with Crippen molar-refractivity contribution in [1.29, 1.82) is 0 Å². The van der Waals surface area contributed by atoms with E-state index in [0.29, 0.717) is 11.4 Å². The predicted octanol–water partition coefficient (Wildman–Crippen LogP) is 0.918. The molecule has 0 saturated heterocycles. The summed E-state index contributed by atoms with van der Waals surface area (Å²) in [5, 5.41) is 16.6. The van der Waals surface area contributed by atoms with Crippen LogP contribution in [0.25, 0.3) is 0 Å². The van der Waals surface area contributed by atoms with E-state index in [9.17, 15) is 5.11 Å². The largest absolute Gasteiger partial charge is 0.369 e. The summed E-state index contributed by atoms with van der Waals surface area (Å²) < 4.78 is 1.64. The van der Waals surface area contributed by atoms with Crippen molar-refractivity contribution >= 4 is 5.82 Å². The summed E-state index contributed by atoms with van der Waals surface area (Å²) in [7, 11) is 1.80. The summed E-state index contributed by atoms with van der Waals surface area (Å²) in [5.74, 6) is 0.633. The van der Waals surface area contributed by atoms with Crippen LogP contribution in [0, 0.1) is 0 Å². The van der Waals surface area contributed by atoms with E-state index < -0.39 is 6.23 Å². The Morgan fingerprint density at radius 1 is 1.47 bits per heavy atom. The van der Waals surface area contributed by atoms with E-state index in [1.54, 1.807) is 36.4 Å². The van der Waals surface area contributed by atoms with Crippen molar-refractivity contribution in [2.24, 2.45) is 7.05 Å². The topological polar surface area (TPSA) is 63.0 Å². The van der Waals surface area contributed by atoms with Gasteiger partial charge in [0.15, 0.2) is 6.23 Å². The summed E-state index contributed by atoms with van der Waals surface area (Å²) in [4.78, 5) is 4.05. The van der Waals surface area contributed by atoms with Crippen LogP contribution in [0.2, 0.25) is 0 Å². The van der Waals surface area contributed by atoms with Gasteiger partial charge >= 0.3 is 0 Å². The number of hydrogen-bond donors (Lipinski definition) is 2. The number of nitrogens with zero attached hydrogens (tertiary/aromatic N) is 3. The second-order valence-electron chi connectivity index (χ2n) is 3.21. The molecule has 15 heavy (non-hydrogen) atoms. The fourth-order valence-electron chi connectivity index (χ4n) is 1.25. The lowest BCUT2D eigenvalue weighted by Gasteiger charge is -2.10. The van der Waals surface area contributed by atoms with Crippen molar-refractivity contribution in [3.05, 3.63) is 42.4 Å². The molecule has 0 saturated carbocycles. The third kappa shape index (κ3) is 2.32. The Balaban J connectivity index is 2.07. The molecule has 78 valence electrons. The lowest BCUT2D eigenvalue weighted by molar-refractivity contribution is 0.207. The van der Waals surface area contributed by atoms with E-state index in [1.165, 1.54) is 0 Å². The van der Waals surface area contributed by atoms with Crippen molar-refractivity contribution in [2.45, 2.75) is 6.23 Å². The van der Waals surface area contributed by atoms with Gasteiger partial charge in [-0.1, -0.05) is 6.07 Å². The molecule has 0 aliphatic heterocycles. The van der Waals surface area contributed by atoms with E-state index in [4.69, 9.17) is 0 Å². The predicted molar refractivity (Wildman–Crippen MR) is 56.0 cm³/mol. The average Bonchev–Trinajstić information content (AvgIpc) is 2.66. The van der Waals surface area contributed by atoms with Gasteiger partial charge in [-0.05, 0) is 12.1 Å².